The minimum Gasteiger partial charge on any atom is -0.497 e. The smallest absolute Gasteiger partial charge is 0.328 e. The van der Waals surface area contributed by atoms with Gasteiger partial charge < -0.3 is 15.2 Å². The third kappa shape index (κ3) is 5.07. The van der Waals surface area contributed by atoms with Crippen molar-refractivity contribution in [3.8, 4) is 11.5 Å². The number of methoxy groups -OCH3 is 1. The Kier molecular flexibility index (Phi) is 4.16. The summed E-state index contributed by atoms with van der Waals surface area (Å²) in [6.45, 7) is 0. The second-order valence-corrected chi connectivity index (χ2v) is 4.54. The highest BCUT2D eigenvalue weighted by Crippen LogP contribution is 2.16. The highest BCUT2D eigenvalue weighted by molar-refractivity contribution is 7.85. The monoisotopic (exact) mass is 260 g/mol. The van der Waals surface area contributed by atoms with Crippen molar-refractivity contribution in [2.24, 2.45) is 10.9 Å². The van der Waals surface area contributed by atoms with Gasteiger partial charge in [0.2, 0.25) is 0 Å². The van der Waals surface area contributed by atoms with E-state index < -0.39 is 16.1 Å². The van der Waals surface area contributed by atoms with E-state index in [4.69, 9.17) is 15.2 Å². The summed E-state index contributed by atoms with van der Waals surface area (Å²) in [4.78, 5) is 0. The van der Waals surface area contributed by atoms with Crippen LogP contribution >= 0.6 is 0 Å². The molecule has 94 valence electrons. The molecule has 0 heterocycles. The number of nitrogens with zero attached hydrogens (tertiary/aromatic N) is 1. The Morgan fingerprint density at radius 1 is 1.24 bits per heavy atom. The molecule has 0 saturated carbocycles. The number of nitrogens with two attached hydrogens (primary N) is 1. The van der Waals surface area contributed by atoms with Crippen molar-refractivity contribution in [1.82, 2.24) is 0 Å². The van der Waals surface area contributed by atoms with Crippen LogP contribution in [0.3, 0.4) is 0 Å². The highest BCUT2D eigenvalue weighted by Gasteiger charge is 2.03. The lowest BCUT2D eigenvalue weighted by molar-refractivity contribution is 0.327. The molecule has 1 aromatic rings. The molecule has 0 spiro atoms. The predicted octanol–water partition coefficient (Wildman–Crippen LogP) is 0.280. The summed E-state index contributed by atoms with van der Waals surface area (Å²) >= 11 is 0. The average molecular weight is 260 g/mol. The first-order valence-electron chi connectivity index (χ1n) is 4.45. The van der Waals surface area contributed by atoms with Crippen LogP contribution in [-0.2, 0) is 14.4 Å². The van der Waals surface area contributed by atoms with Crippen molar-refractivity contribution in [3.63, 3.8) is 0 Å². The third-order valence-corrected chi connectivity index (χ3v) is 1.89. The van der Waals surface area contributed by atoms with Gasteiger partial charge in [0.05, 0.1) is 13.4 Å². The van der Waals surface area contributed by atoms with Gasteiger partial charge >= 0.3 is 16.1 Å². The number of oxime groups is 1. The number of hydrogen-bond donors (Lipinski definition) is 1. The minimum atomic E-state index is -3.69. The molecule has 0 fully saturated rings. The Bertz CT molecular complexity index is 495. The number of rotatable bonds is 4. The molecule has 0 aliphatic carbocycles. The van der Waals surface area contributed by atoms with Crippen molar-refractivity contribution in [2.45, 2.75) is 0 Å². The fourth-order valence-corrected chi connectivity index (χ4v) is 1.10. The third-order valence-electron chi connectivity index (χ3n) is 1.54. The van der Waals surface area contributed by atoms with E-state index in [0.29, 0.717) is 11.5 Å². The molecule has 0 unspecified atom stereocenters. The van der Waals surface area contributed by atoms with Crippen molar-refractivity contribution >= 4 is 16.1 Å². The summed E-state index contributed by atoms with van der Waals surface area (Å²) in [6.07, 6.45) is 0.844. The van der Waals surface area contributed by atoms with Crippen molar-refractivity contribution in [3.05, 3.63) is 24.3 Å². The maximum atomic E-state index is 10.6. The second-order valence-electron chi connectivity index (χ2n) is 2.99. The van der Waals surface area contributed by atoms with E-state index in [0.717, 1.165) is 6.26 Å². The first-order chi connectivity index (χ1) is 7.90. The molecule has 17 heavy (non-hydrogen) atoms. The Hall–Kier alpha value is -1.96. The van der Waals surface area contributed by atoms with Crippen molar-refractivity contribution < 1.29 is 22.2 Å². The lowest BCUT2D eigenvalue weighted by Crippen LogP contribution is -2.20. The van der Waals surface area contributed by atoms with Crippen molar-refractivity contribution in [1.29, 1.82) is 0 Å². The van der Waals surface area contributed by atoms with Crippen LogP contribution < -0.4 is 15.2 Å². The fourth-order valence-electron chi connectivity index (χ4n) is 0.888. The number of benzene rings is 1. The van der Waals surface area contributed by atoms with E-state index in [1.165, 1.54) is 7.11 Å². The van der Waals surface area contributed by atoms with Gasteiger partial charge in [-0.25, -0.2) is 0 Å². The molecule has 8 heteroatoms. The van der Waals surface area contributed by atoms with Crippen molar-refractivity contribution in [2.75, 3.05) is 13.4 Å². The highest BCUT2D eigenvalue weighted by atomic mass is 32.2. The normalized spacial score (nSPS) is 12.0. The Morgan fingerprint density at radius 2 is 1.76 bits per heavy atom. The Morgan fingerprint density at radius 3 is 2.24 bits per heavy atom. The van der Waals surface area contributed by atoms with E-state index in [9.17, 15) is 8.42 Å². The fraction of sp³-hybridized carbons (Fsp3) is 0.222. The Labute approximate surface area is 98.9 Å². The standard InChI is InChI=1S/C9H12N2O5S/c1-14-7-3-5-8(6-4-7)15-9(10)11-16-17(2,12)13/h3-6H,1-2H3,(H2,10,11). The molecule has 0 aliphatic heterocycles. The van der Waals surface area contributed by atoms with Crippen LogP contribution in [0.1, 0.15) is 0 Å². The van der Waals surface area contributed by atoms with E-state index in [1.54, 1.807) is 24.3 Å². The molecule has 0 saturated heterocycles. The van der Waals surface area contributed by atoms with Gasteiger partial charge in [-0.15, -0.1) is 0 Å². The van der Waals surface area contributed by atoms with Crippen LogP contribution in [0.5, 0.6) is 11.5 Å². The summed E-state index contributed by atoms with van der Waals surface area (Å²) in [5, 5.41) is 3.09. The summed E-state index contributed by atoms with van der Waals surface area (Å²) in [5.74, 6) is 1.03. The molecule has 0 radical (unpaired) electrons. The van der Waals surface area contributed by atoms with E-state index >= 15 is 0 Å². The van der Waals surface area contributed by atoms with Gasteiger partial charge in [0, 0.05) is 0 Å². The van der Waals surface area contributed by atoms with Gasteiger partial charge in [0.25, 0.3) is 0 Å². The molecular weight excluding hydrogens is 248 g/mol. The van der Waals surface area contributed by atoms with Crippen LogP contribution in [0.25, 0.3) is 0 Å². The van der Waals surface area contributed by atoms with Gasteiger partial charge in [0.15, 0.2) is 0 Å². The number of amidine groups is 1. The van der Waals surface area contributed by atoms with E-state index in [1.807, 2.05) is 0 Å². The zero-order valence-electron chi connectivity index (χ0n) is 9.28. The second kappa shape index (κ2) is 5.39. The van der Waals surface area contributed by atoms with Gasteiger partial charge in [-0.3, -0.25) is 4.28 Å². The SMILES string of the molecule is COc1ccc(O/C(N)=N/OS(C)(=O)=O)cc1. The van der Waals surface area contributed by atoms with Crippen LogP contribution in [-0.4, -0.2) is 27.8 Å². The largest absolute Gasteiger partial charge is 0.497 e. The molecule has 0 atom stereocenters. The maximum Gasteiger partial charge on any atom is 0.328 e. The molecule has 1 rings (SSSR count). The van der Waals surface area contributed by atoms with E-state index in [-0.39, 0.29) is 0 Å². The van der Waals surface area contributed by atoms with Crippen LogP contribution in [0, 0.1) is 0 Å². The van der Waals surface area contributed by atoms with Gasteiger partial charge in [-0.2, -0.15) is 8.42 Å². The first kappa shape index (κ1) is 13.1. The predicted molar refractivity (Wildman–Crippen MR) is 61.2 cm³/mol. The summed E-state index contributed by atoms with van der Waals surface area (Å²) < 4.78 is 35.3. The van der Waals surface area contributed by atoms with Gasteiger partial charge in [-0.1, -0.05) is 0 Å². The summed E-state index contributed by atoms with van der Waals surface area (Å²) in [6, 6.07) is 6.06. The Balaban J connectivity index is 2.64. The molecule has 0 aromatic heterocycles. The number of ether oxygens (including phenoxy) is 2. The molecule has 2 N–H and O–H groups in total. The van der Waals surface area contributed by atoms with Crippen LogP contribution in [0.2, 0.25) is 0 Å². The van der Waals surface area contributed by atoms with Gasteiger partial charge in [-0.05, 0) is 29.4 Å². The van der Waals surface area contributed by atoms with E-state index in [2.05, 4.69) is 9.44 Å². The zero-order valence-corrected chi connectivity index (χ0v) is 10.1. The van der Waals surface area contributed by atoms with Gasteiger partial charge in [0.1, 0.15) is 11.5 Å². The molecular formula is C9H12N2O5S. The zero-order chi connectivity index (χ0) is 12.9. The quantitative estimate of drug-likeness (QED) is 0.474. The topological polar surface area (TPSA) is 100 Å². The molecule has 0 aliphatic rings. The summed E-state index contributed by atoms with van der Waals surface area (Å²) in [7, 11) is -2.16. The molecule has 0 amide bonds. The first-order valence-corrected chi connectivity index (χ1v) is 6.26. The maximum absolute atomic E-state index is 10.6. The lowest BCUT2D eigenvalue weighted by atomic mass is 10.3. The van der Waals surface area contributed by atoms with Crippen LogP contribution in [0.15, 0.2) is 29.4 Å². The molecule has 0 bridgehead atoms. The minimum absolute atomic E-state index is 0.379. The average Bonchev–Trinajstić information content (AvgIpc) is 2.27. The number of hydrogen-bond acceptors (Lipinski definition) is 6. The van der Waals surface area contributed by atoms with Crippen LogP contribution in [0.4, 0.5) is 0 Å². The lowest BCUT2D eigenvalue weighted by Gasteiger charge is -2.04. The molecule has 7 nitrogen and oxygen atoms in total. The molecule has 1 aromatic carbocycles. The summed E-state index contributed by atoms with van der Waals surface area (Å²) in [5.41, 5.74) is 5.29.